The number of methoxy groups -OCH3 is 1. The van der Waals surface area contributed by atoms with Crippen LogP contribution in [0.2, 0.25) is 0 Å². The molecule has 0 aromatic heterocycles. The molecule has 2 rings (SSSR count). The zero-order valence-corrected chi connectivity index (χ0v) is 15.2. The van der Waals surface area contributed by atoms with Gasteiger partial charge in [-0.1, -0.05) is 6.07 Å². The first-order valence-corrected chi connectivity index (χ1v) is 9.32. The first-order valence-electron chi connectivity index (χ1n) is 7.88. The molecule has 0 spiro atoms. The lowest BCUT2D eigenvalue weighted by Gasteiger charge is -2.35. The molecule has 1 unspecified atom stereocenters. The molecule has 8 heteroatoms. The van der Waals surface area contributed by atoms with Gasteiger partial charge in [0.15, 0.2) is 0 Å². The van der Waals surface area contributed by atoms with Crippen LogP contribution in [-0.4, -0.2) is 69.5 Å². The highest BCUT2D eigenvalue weighted by Gasteiger charge is 2.31. The summed E-state index contributed by atoms with van der Waals surface area (Å²) in [5.74, 6) is -0.208. The van der Waals surface area contributed by atoms with E-state index < -0.39 is 16.1 Å². The number of carbonyl (C=O) groups excluding carboxylic acids is 1. The molecule has 1 amide bonds. The van der Waals surface area contributed by atoms with Gasteiger partial charge in [-0.15, -0.1) is 0 Å². The summed E-state index contributed by atoms with van der Waals surface area (Å²) in [6.07, 6.45) is 0. The van der Waals surface area contributed by atoms with Gasteiger partial charge in [-0.25, -0.2) is 8.42 Å². The van der Waals surface area contributed by atoms with Gasteiger partial charge in [0.1, 0.15) is 6.04 Å². The summed E-state index contributed by atoms with van der Waals surface area (Å²) in [6.45, 7) is 5.18. The standard InChI is InChI=1S/C16H25N3O4S/c1-12-4-5-14(10-13(12)2)24(21,22)19-8-6-18(7-9-19)16(20)15(17)11-23-3/h4-5,10,15H,6-9,11,17H2,1-3H3. The lowest BCUT2D eigenvalue weighted by Crippen LogP contribution is -2.55. The van der Waals surface area contributed by atoms with Crippen molar-refractivity contribution in [3.8, 4) is 0 Å². The Balaban J connectivity index is 2.05. The molecule has 7 nitrogen and oxygen atoms in total. The van der Waals surface area contributed by atoms with Crippen LogP contribution in [0.25, 0.3) is 0 Å². The molecule has 1 saturated heterocycles. The number of hydrogen-bond acceptors (Lipinski definition) is 5. The Morgan fingerprint density at radius 1 is 1.21 bits per heavy atom. The van der Waals surface area contributed by atoms with Gasteiger partial charge in [-0.05, 0) is 37.1 Å². The number of hydrogen-bond donors (Lipinski definition) is 1. The maximum absolute atomic E-state index is 12.7. The molecule has 2 N–H and O–H groups in total. The van der Waals surface area contributed by atoms with E-state index in [9.17, 15) is 13.2 Å². The molecule has 1 aromatic rings. The number of amides is 1. The number of nitrogens with zero attached hydrogens (tertiary/aromatic N) is 2. The summed E-state index contributed by atoms with van der Waals surface area (Å²) in [5.41, 5.74) is 7.75. The van der Waals surface area contributed by atoms with Crippen LogP contribution in [0, 0.1) is 13.8 Å². The lowest BCUT2D eigenvalue weighted by molar-refractivity contribution is -0.134. The number of rotatable bonds is 5. The second-order valence-corrected chi connectivity index (χ2v) is 7.98. The third kappa shape index (κ3) is 3.94. The van der Waals surface area contributed by atoms with Crippen molar-refractivity contribution in [3.05, 3.63) is 29.3 Å². The van der Waals surface area contributed by atoms with Crippen LogP contribution in [0.15, 0.2) is 23.1 Å². The monoisotopic (exact) mass is 355 g/mol. The second kappa shape index (κ2) is 7.60. The topological polar surface area (TPSA) is 92.9 Å². The van der Waals surface area contributed by atoms with E-state index in [1.807, 2.05) is 19.9 Å². The van der Waals surface area contributed by atoms with Crippen LogP contribution in [0.5, 0.6) is 0 Å². The molecule has 24 heavy (non-hydrogen) atoms. The van der Waals surface area contributed by atoms with Crippen LogP contribution in [0.4, 0.5) is 0 Å². The van der Waals surface area contributed by atoms with Crippen molar-refractivity contribution < 1.29 is 17.9 Å². The first-order chi connectivity index (χ1) is 11.3. The van der Waals surface area contributed by atoms with Crippen LogP contribution < -0.4 is 5.73 Å². The van der Waals surface area contributed by atoms with E-state index in [1.165, 1.54) is 11.4 Å². The number of aryl methyl sites for hydroxylation is 2. The molecule has 1 aromatic carbocycles. The van der Waals surface area contributed by atoms with Crippen LogP contribution in [-0.2, 0) is 19.6 Å². The molecule has 1 heterocycles. The van der Waals surface area contributed by atoms with Gasteiger partial charge in [0.05, 0.1) is 11.5 Å². The number of sulfonamides is 1. The van der Waals surface area contributed by atoms with Crippen molar-refractivity contribution in [2.45, 2.75) is 24.8 Å². The SMILES string of the molecule is COCC(N)C(=O)N1CCN(S(=O)(=O)c2ccc(C)c(C)c2)CC1. The number of carbonyl (C=O) groups is 1. The van der Waals surface area contributed by atoms with Gasteiger partial charge >= 0.3 is 0 Å². The Bertz CT molecular complexity index is 697. The molecular formula is C16H25N3O4S. The van der Waals surface area contributed by atoms with E-state index in [2.05, 4.69) is 0 Å². The van der Waals surface area contributed by atoms with Crippen LogP contribution in [0.1, 0.15) is 11.1 Å². The largest absolute Gasteiger partial charge is 0.383 e. The number of benzene rings is 1. The molecule has 0 radical (unpaired) electrons. The van der Waals surface area contributed by atoms with E-state index in [4.69, 9.17) is 10.5 Å². The van der Waals surface area contributed by atoms with E-state index in [1.54, 1.807) is 17.0 Å². The Labute approximate surface area is 143 Å². The third-order valence-corrected chi connectivity index (χ3v) is 6.22. The van der Waals surface area contributed by atoms with Crippen molar-refractivity contribution in [3.63, 3.8) is 0 Å². The minimum Gasteiger partial charge on any atom is -0.383 e. The fraction of sp³-hybridized carbons (Fsp3) is 0.562. The van der Waals surface area contributed by atoms with Crippen molar-refractivity contribution in [1.29, 1.82) is 0 Å². The van der Waals surface area contributed by atoms with E-state index in [0.29, 0.717) is 18.0 Å². The second-order valence-electron chi connectivity index (χ2n) is 6.04. The Kier molecular flexibility index (Phi) is 5.97. The Hall–Kier alpha value is -1.48. The van der Waals surface area contributed by atoms with E-state index in [0.717, 1.165) is 11.1 Å². The summed E-state index contributed by atoms with van der Waals surface area (Å²) in [6, 6.07) is 4.42. The van der Waals surface area contributed by atoms with Gasteiger partial charge < -0.3 is 15.4 Å². The van der Waals surface area contributed by atoms with E-state index in [-0.39, 0.29) is 25.6 Å². The minimum atomic E-state index is -3.54. The Morgan fingerprint density at radius 3 is 2.38 bits per heavy atom. The molecule has 0 saturated carbocycles. The highest BCUT2D eigenvalue weighted by Crippen LogP contribution is 2.20. The smallest absolute Gasteiger partial charge is 0.243 e. The molecule has 1 atom stereocenters. The molecule has 0 bridgehead atoms. The van der Waals surface area contributed by atoms with Crippen molar-refractivity contribution in [1.82, 2.24) is 9.21 Å². The number of ether oxygens (including phenoxy) is 1. The summed E-state index contributed by atoms with van der Waals surface area (Å²) in [5, 5.41) is 0. The normalized spacial score (nSPS) is 17.8. The molecule has 1 aliphatic heterocycles. The van der Waals surface area contributed by atoms with Gasteiger partial charge in [0.25, 0.3) is 0 Å². The van der Waals surface area contributed by atoms with Crippen LogP contribution >= 0.6 is 0 Å². The molecule has 1 fully saturated rings. The maximum Gasteiger partial charge on any atom is 0.243 e. The van der Waals surface area contributed by atoms with E-state index >= 15 is 0 Å². The first kappa shape index (κ1) is 18.9. The number of piperazine rings is 1. The quantitative estimate of drug-likeness (QED) is 0.809. The average Bonchev–Trinajstić information content (AvgIpc) is 2.57. The van der Waals surface area contributed by atoms with Gasteiger partial charge in [0, 0.05) is 33.3 Å². The molecule has 0 aliphatic carbocycles. The zero-order valence-electron chi connectivity index (χ0n) is 14.4. The average molecular weight is 355 g/mol. The third-order valence-electron chi connectivity index (χ3n) is 4.33. The van der Waals surface area contributed by atoms with Gasteiger partial charge in [-0.2, -0.15) is 4.31 Å². The molecule has 1 aliphatic rings. The predicted octanol–water partition coefficient (Wildman–Crippen LogP) is 0.110. The predicted molar refractivity (Wildman–Crippen MR) is 91.1 cm³/mol. The van der Waals surface area contributed by atoms with Gasteiger partial charge in [0.2, 0.25) is 15.9 Å². The van der Waals surface area contributed by atoms with Crippen molar-refractivity contribution in [2.24, 2.45) is 5.73 Å². The van der Waals surface area contributed by atoms with Crippen LogP contribution in [0.3, 0.4) is 0 Å². The fourth-order valence-electron chi connectivity index (χ4n) is 2.66. The van der Waals surface area contributed by atoms with Crippen molar-refractivity contribution in [2.75, 3.05) is 39.9 Å². The highest BCUT2D eigenvalue weighted by atomic mass is 32.2. The zero-order chi connectivity index (χ0) is 17.9. The Morgan fingerprint density at radius 2 is 1.83 bits per heavy atom. The summed E-state index contributed by atoms with van der Waals surface area (Å²) in [7, 11) is -2.05. The van der Waals surface area contributed by atoms with Crippen molar-refractivity contribution >= 4 is 15.9 Å². The molecular weight excluding hydrogens is 330 g/mol. The summed E-state index contributed by atoms with van der Waals surface area (Å²) >= 11 is 0. The van der Waals surface area contributed by atoms with Gasteiger partial charge in [-0.3, -0.25) is 4.79 Å². The summed E-state index contributed by atoms with van der Waals surface area (Å²) in [4.78, 5) is 14.0. The highest BCUT2D eigenvalue weighted by molar-refractivity contribution is 7.89. The minimum absolute atomic E-state index is 0.153. The summed E-state index contributed by atoms with van der Waals surface area (Å²) < 4.78 is 31.8. The fourth-order valence-corrected chi connectivity index (χ4v) is 4.17. The lowest BCUT2D eigenvalue weighted by atomic mass is 10.1. The molecule has 134 valence electrons. The maximum atomic E-state index is 12.7. The number of nitrogens with two attached hydrogens (primary N) is 1.